The van der Waals surface area contributed by atoms with Crippen molar-refractivity contribution in [1.82, 2.24) is 19.8 Å². The molecule has 1 N–H and O–H groups in total. The van der Waals surface area contributed by atoms with Crippen LogP contribution in [0.15, 0.2) is 36.8 Å². The molecule has 2 aromatic rings. The van der Waals surface area contributed by atoms with Gasteiger partial charge in [-0.15, -0.1) is 0 Å². The summed E-state index contributed by atoms with van der Waals surface area (Å²) in [6.45, 7) is 4.51. The van der Waals surface area contributed by atoms with Crippen LogP contribution in [0.25, 0.3) is 11.1 Å². The van der Waals surface area contributed by atoms with Crippen LogP contribution in [0, 0.1) is 11.8 Å². The summed E-state index contributed by atoms with van der Waals surface area (Å²) in [5, 5.41) is 9.79. The van der Waals surface area contributed by atoms with Gasteiger partial charge in [0.1, 0.15) is 11.7 Å². The first kappa shape index (κ1) is 22.2. The first-order valence-corrected chi connectivity index (χ1v) is 11.1. The molecule has 170 valence electrons. The number of aliphatic hydroxyl groups is 1. The third-order valence-electron chi connectivity index (χ3n) is 6.29. The Kier molecular flexibility index (Phi) is 6.41. The Morgan fingerprint density at radius 2 is 2.03 bits per heavy atom. The molecule has 4 rings (SSSR count). The second kappa shape index (κ2) is 9.24. The van der Waals surface area contributed by atoms with Crippen molar-refractivity contribution in [3.8, 4) is 17.0 Å². The maximum absolute atomic E-state index is 13.5. The third kappa shape index (κ3) is 4.60. The fraction of sp³-hybridized carbons (Fsp3) is 0.500. The highest BCUT2D eigenvalue weighted by atomic mass is 16.5. The largest absolute Gasteiger partial charge is 0.472 e. The van der Waals surface area contributed by atoms with Gasteiger partial charge in [0.15, 0.2) is 0 Å². The number of carbonyl (C=O) groups excluding carboxylic acids is 2. The zero-order chi connectivity index (χ0) is 22.8. The highest BCUT2D eigenvalue weighted by Crippen LogP contribution is 2.32. The van der Waals surface area contributed by atoms with E-state index < -0.39 is 0 Å². The van der Waals surface area contributed by atoms with Gasteiger partial charge in [-0.25, -0.2) is 4.98 Å². The highest BCUT2D eigenvalue weighted by Gasteiger charge is 2.37. The van der Waals surface area contributed by atoms with Crippen LogP contribution in [0.2, 0.25) is 0 Å². The molecule has 3 heterocycles. The lowest BCUT2D eigenvalue weighted by molar-refractivity contribution is -0.132. The summed E-state index contributed by atoms with van der Waals surface area (Å²) >= 11 is 0. The second-order valence-electron chi connectivity index (χ2n) is 8.93. The van der Waals surface area contributed by atoms with E-state index in [2.05, 4.69) is 9.97 Å². The minimum Gasteiger partial charge on any atom is -0.472 e. The number of hydrogen-bond acceptors (Lipinski definition) is 6. The van der Waals surface area contributed by atoms with Crippen molar-refractivity contribution < 1.29 is 19.4 Å². The van der Waals surface area contributed by atoms with Crippen LogP contribution in [-0.2, 0) is 4.79 Å². The second-order valence-corrected chi connectivity index (χ2v) is 8.93. The molecule has 2 aliphatic rings. The van der Waals surface area contributed by atoms with Gasteiger partial charge in [0.05, 0.1) is 19.2 Å². The number of pyridine rings is 2. The Morgan fingerprint density at radius 1 is 1.31 bits per heavy atom. The van der Waals surface area contributed by atoms with Gasteiger partial charge in [0.2, 0.25) is 11.8 Å². The van der Waals surface area contributed by atoms with Gasteiger partial charge in [-0.1, -0.05) is 6.92 Å². The van der Waals surface area contributed by atoms with Crippen molar-refractivity contribution >= 4 is 11.8 Å². The quantitative estimate of drug-likeness (QED) is 0.743. The summed E-state index contributed by atoms with van der Waals surface area (Å²) in [7, 11) is 1.80. The average Bonchev–Trinajstić information content (AvgIpc) is 3.66. The van der Waals surface area contributed by atoms with Crippen LogP contribution in [0.4, 0.5) is 0 Å². The molecule has 0 spiro atoms. The maximum atomic E-state index is 13.5. The van der Waals surface area contributed by atoms with E-state index in [4.69, 9.17) is 4.74 Å². The zero-order valence-electron chi connectivity index (χ0n) is 18.8. The standard InChI is InChI=1S/C24H30N4O4/c1-15-12-28(16(2)14-29)24(31)20-10-19(17-6-8-25-9-7-17)11-26-22(20)32-21(15)13-27(3)23(30)18-4-5-18/h6-11,15-16,18,21,29H,4-5,12-14H2,1-3H3/t15-,16+,21-/m1/s1. The molecule has 1 saturated carbocycles. The number of aliphatic hydroxyl groups excluding tert-OH is 1. The van der Waals surface area contributed by atoms with Crippen LogP contribution in [0.5, 0.6) is 5.88 Å². The molecule has 8 heteroatoms. The lowest BCUT2D eigenvalue weighted by Crippen LogP contribution is -2.50. The van der Waals surface area contributed by atoms with Crippen LogP contribution >= 0.6 is 0 Å². The number of aromatic nitrogens is 2. The number of likely N-dealkylation sites (N-methyl/N-ethyl adjacent to an activating group) is 1. The minimum absolute atomic E-state index is 0.0581. The molecule has 0 radical (unpaired) electrons. The van der Waals surface area contributed by atoms with Crippen LogP contribution in [0.3, 0.4) is 0 Å². The predicted molar refractivity (Wildman–Crippen MR) is 119 cm³/mol. The first-order chi connectivity index (χ1) is 15.4. The minimum atomic E-state index is -0.355. The van der Waals surface area contributed by atoms with E-state index in [-0.39, 0.29) is 48.3 Å². The Morgan fingerprint density at radius 3 is 2.69 bits per heavy atom. The lowest BCUT2D eigenvalue weighted by atomic mass is 9.99. The molecule has 1 aliphatic heterocycles. The number of amides is 2. The van der Waals surface area contributed by atoms with Crippen molar-refractivity contribution in [2.75, 3.05) is 26.7 Å². The Balaban J connectivity index is 1.69. The van der Waals surface area contributed by atoms with E-state index >= 15 is 0 Å². The number of carbonyl (C=O) groups is 2. The molecule has 32 heavy (non-hydrogen) atoms. The number of ether oxygens (including phenoxy) is 1. The van der Waals surface area contributed by atoms with Crippen molar-refractivity contribution in [2.24, 2.45) is 11.8 Å². The number of nitrogens with zero attached hydrogens (tertiary/aromatic N) is 4. The lowest BCUT2D eigenvalue weighted by Gasteiger charge is -2.37. The number of rotatable bonds is 6. The fourth-order valence-electron chi connectivity index (χ4n) is 4.02. The van der Waals surface area contributed by atoms with E-state index in [9.17, 15) is 14.7 Å². The average molecular weight is 439 g/mol. The fourth-order valence-corrected chi connectivity index (χ4v) is 4.02. The maximum Gasteiger partial charge on any atom is 0.259 e. The predicted octanol–water partition coefficient (Wildman–Crippen LogP) is 2.23. The zero-order valence-corrected chi connectivity index (χ0v) is 18.8. The first-order valence-electron chi connectivity index (χ1n) is 11.1. The van der Waals surface area contributed by atoms with Crippen molar-refractivity contribution in [3.05, 3.63) is 42.4 Å². The Hall–Kier alpha value is -3.00. The smallest absolute Gasteiger partial charge is 0.259 e. The van der Waals surface area contributed by atoms with E-state index in [0.29, 0.717) is 18.7 Å². The molecule has 2 amide bonds. The summed E-state index contributed by atoms with van der Waals surface area (Å²) in [6.07, 6.45) is 6.63. The van der Waals surface area contributed by atoms with Crippen LogP contribution in [-0.4, -0.2) is 75.6 Å². The van der Waals surface area contributed by atoms with Crippen molar-refractivity contribution in [2.45, 2.75) is 38.8 Å². The summed E-state index contributed by atoms with van der Waals surface area (Å²) in [5.74, 6) is 0.243. The Bertz CT molecular complexity index is 979. The number of fused-ring (bicyclic) bond motifs is 1. The van der Waals surface area contributed by atoms with E-state index in [1.807, 2.05) is 26.0 Å². The third-order valence-corrected chi connectivity index (χ3v) is 6.29. The normalized spacial score (nSPS) is 21.8. The van der Waals surface area contributed by atoms with Crippen LogP contribution in [0.1, 0.15) is 37.0 Å². The van der Waals surface area contributed by atoms with Gasteiger partial charge in [-0.3, -0.25) is 14.6 Å². The molecule has 2 aromatic heterocycles. The molecule has 8 nitrogen and oxygen atoms in total. The van der Waals surface area contributed by atoms with E-state index in [1.165, 1.54) is 0 Å². The summed E-state index contributed by atoms with van der Waals surface area (Å²) in [5.41, 5.74) is 2.03. The van der Waals surface area contributed by atoms with Gasteiger partial charge in [0.25, 0.3) is 5.91 Å². The highest BCUT2D eigenvalue weighted by molar-refractivity contribution is 5.98. The topological polar surface area (TPSA) is 95.9 Å². The molecule has 0 bridgehead atoms. The van der Waals surface area contributed by atoms with E-state index in [0.717, 1.165) is 24.0 Å². The van der Waals surface area contributed by atoms with Crippen molar-refractivity contribution in [1.29, 1.82) is 0 Å². The van der Waals surface area contributed by atoms with Gasteiger partial charge < -0.3 is 19.6 Å². The summed E-state index contributed by atoms with van der Waals surface area (Å²) in [4.78, 5) is 37.9. The summed E-state index contributed by atoms with van der Waals surface area (Å²) in [6, 6.07) is 5.14. The van der Waals surface area contributed by atoms with Gasteiger partial charge in [-0.2, -0.15) is 0 Å². The molecule has 0 unspecified atom stereocenters. The van der Waals surface area contributed by atoms with Gasteiger partial charge in [-0.05, 0) is 43.5 Å². The number of hydrogen-bond donors (Lipinski definition) is 1. The van der Waals surface area contributed by atoms with Gasteiger partial charge in [0, 0.05) is 49.6 Å². The summed E-state index contributed by atoms with van der Waals surface area (Å²) < 4.78 is 6.27. The molecule has 0 aromatic carbocycles. The molecule has 0 saturated heterocycles. The van der Waals surface area contributed by atoms with Crippen LogP contribution < -0.4 is 4.74 Å². The SMILES string of the molecule is C[C@@H]1CN([C@@H](C)CO)C(=O)c2cc(-c3ccncc3)cnc2O[C@@H]1CN(C)C(=O)C1CC1. The van der Waals surface area contributed by atoms with E-state index in [1.54, 1.807) is 41.5 Å². The molecule has 1 aliphatic carbocycles. The monoisotopic (exact) mass is 438 g/mol. The van der Waals surface area contributed by atoms with Gasteiger partial charge >= 0.3 is 0 Å². The molecular formula is C24H30N4O4. The van der Waals surface area contributed by atoms with Crippen molar-refractivity contribution in [3.63, 3.8) is 0 Å². The Labute approximate surface area is 188 Å². The molecule has 3 atom stereocenters. The molecule has 1 fully saturated rings. The molecular weight excluding hydrogens is 408 g/mol.